The van der Waals surface area contributed by atoms with Crippen molar-refractivity contribution in [2.45, 2.75) is 18.9 Å². The van der Waals surface area contributed by atoms with Crippen LogP contribution in [0.1, 0.15) is 12.8 Å². The number of hydrogen-bond donors (Lipinski definition) is 1. The first kappa shape index (κ1) is 16.3. The van der Waals surface area contributed by atoms with Gasteiger partial charge in [0.2, 0.25) is 0 Å². The molecule has 1 N–H and O–H groups in total. The normalized spacial score (nSPS) is 20.0. The lowest BCUT2D eigenvalue weighted by atomic mass is 10.1. The Morgan fingerprint density at radius 1 is 1.19 bits per heavy atom. The number of anilines is 1. The molecule has 2 aliphatic rings. The number of ether oxygens (including phenoxy) is 2. The van der Waals surface area contributed by atoms with Crippen LogP contribution in [0.4, 0.5) is 10.1 Å². The first-order valence-corrected chi connectivity index (χ1v) is 7.32. The molecule has 2 heterocycles. The van der Waals surface area contributed by atoms with E-state index in [0.717, 1.165) is 50.5 Å². The lowest BCUT2D eigenvalue weighted by Crippen LogP contribution is -2.37. The van der Waals surface area contributed by atoms with E-state index in [1.165, 1.54) is 6.07 Å². The first-order valence-electron chi connectivity index (χ1n) is 7.32. The van der Waals surface area contributed by atoms with E-state index in [4.69, 9.17) is 9.47 Å². The maximum atomic E-state index is 13.6. The molecule has 21 heavy (non-hydrogen) atoms. The third-order valence-corrected chi connectivity index (χ3v) is 3.85. The van der Waals surface area contributed by atoms with Crippen LogP contribution in [-0.4, -0.2) is 45.5 Å². The quantitative estimate of drug-likeness (QED) is 0.927. The molecule has 4 nitrogen and oxygen atoms in total. The summed E-state index contributed by atoms with van der Waals surface area (Å²) in [4.78, 5) is 2.14. The second-order valence-electron chi connectivity index (χ2n) is 5.28. The van der Waals surface area contributed by atoms with Crippen molar-refractivity contribution in [3.05, 3.63) is 24.0 Å². The monoisotopic (exact) mass is 316 g/mol. The molecule has 2 aliphatic heterocycles. The molecule has 0 unspecified atom stereocenters. The summed E-state index contributed by atoms with van der Waals surface area (Å²) >= 11 is 0. The van der Waals surface area contributed by atoms with E-state index in [9.17, 15) is 4.39 Å². The van der Waals surface area contributed by atoms with Crippen molar-refractivity contribution in [2.24, 2.45) is 0 Å². The van der Waals surface area contributed by atoms with E-state index in [0.29, 0.717) is 13.2 Å². The fourth-order valence-corrected chi connectivity index (χ4v) is 2.73. The molecule has 0 aliphatic carbocycles. The SMILES string of the molecule is Cl.Fc1ccc(OC2CCNCC2)c(N2CCOCC2)c1. The van der Waals surface area contributed by atoms with Crippen molar-refractivity contribution >= 4 is 18.1 Å². The third-order valence-electron chi connectivity index (χ3n) is 3.85. The molecule has 0 spiro atoms. The number of morpholine rings is 1. The van der Waals surface area contributed by atoms with Gasteiger partial charge in [0.15, 0.2) is 0 Å². The number of nitrogens with one attached hydrogen (secondary N) is 1. The Kier molecular flexibility index (Phi) is 6.08. The molecule has 2 fully saturated rings. The summed E-state index contributed by atoms with van der Waals surface area (Å²) in [5, 5.41) is 3.32. The van der Waals surface area contributed by atoms with Crippen LogP contribution in [0.5, 0.6) is 5.75 Å². The molecule has 0 radical (unpaired) electrons. The Hall–Kier alpha value is -1.04. The van der Waals surface area contributed by atoms with E-state index < -0.39 is 0 Å². The van der Waals surface area contributed by atoms with Gasteiger partial charge in [-0.25, -0.2) is 4.39 Å². The van der Waals surface area contributed by atoms with Gasteiger partial charge < -0.3 is 19.7 Å². The Labute approximate surface area is 131 Å². The predicted octanol–water partition coefficient (Wildman–Crippen LogP) is 2.21. The number of hydrogen-bond acceptors (Lipinski definition) is 4. The van der Waals surface area contributed by atoms with Gasteiger partial charge in [0.25, 0.3) is 0 Å². The van der Waals surface area contributed by atoms with E-state index in [-0.39, 0.29) is 24.3 Å². The van der Waals surface area contributed by atoms with E-state index >= 15 is 0 Å². The Balaban J connectivity index is 0.00000161. The maximum absolute atomic E-state index is 13.6. The molecular weight excluding hydrogens is 295 g/mol. The zero-order valence-electron chi connectivity index (χ0n) is 12.0. The number of nitrogens with zero attached hydrogens (tertiary/aromatic N) is 1. The van der Waals surface area contributed by atoms with Crippen molar-refractivity contribution < 1.29 is 13.9 Å². The molecule has 0 amide bonds. The molecule has 2 saturated heterocycles. The maximum Gasteiger partial charge on any atom is 0.143 e. The van der Waals surface area contributed by atoms with Crippen LogP contribution in [0.2, 0.25) is 0 Å². The van der Waals surface area contributed by atoms with E-state index in [2.05, 4.69) is 10.2 Å². The van der Waals surface area contributed by atoms with Gasteiger partial charge in [-0.05, 0) is 38.1 Å². The molecule has 1 aromatic rings. The minimum atomic E-state index is -0.218. The Morgan fingerprint density at radius 3 is 2.62 bits per heavy atom. The fourth-order valence-electron chi connectivity index (χ4n) is 2.73. The molecule has 0 saturated carbocycles. The second-order valence-corrected chi connectivity index (χ2v) is 5.28. The number of piperidine rings is 1. The van der Waals surface area contributed by atoms with Crippen LogP contribution in [0.25, 0.3) is 0 Å². The highest BCUT2D eigenvalue weighted by Gasteiger charge is 2.20. The second kappa shape index (κ2) is 7.82. The smallest absolute Gasteiger partial charge is 0.143 e. The predicted molar refractivity (Wildman–Crippen MR) is 83.2 cm³/mol. The highest BCUT2D eigenvalue weighted by atomic mass is 35.5. The summed E-state index contributed by atoms with van der Waals surface area (Å²) in [6, 6.07) is 4.80. The third kappa shape index (κ3) is 4.22. The highest BCUT2D eigenvalue weighted by molar-refractivity contribution is 5.85. The van der Waals surface area contributed by atoms with Gasteiger partial charge in [0.05, 0.1) is 18.9 Å². The van der Waals surface area contributed by atoms with Gasteiger partial charge in [0, 0.05) is 19.2 Å². The van der Waals surface area contributed by atoms with Crippen molar-refractivity contribution in [3.8, 4) is 5.75 Å². The van der Waals surface area contributed by atoms with Crippen LogP contribution in [0.15, 0.2) is 18.2 Å². The molecule has 1 aromatic carbocycles. The van der Waals surface area contributed by atoms with Crippen molar-refractivity contribution in [3.63, 3.8) is 0 Å². The summed E-state index contributed by atoms with van der Waals surface area (Å²) < 4.78 is 25.0. The number of rotatable bonds is 3. The number of benzene rings is 1. The van der Waals surface area contributed by atoms with Crippen LogP contribution in [0.3, 0.4) is 0 Å². The number of halogens is 2. The molecule has 6 heteroatoms. The zero-order chi connectivity index (χ0) is 13.8. The lowest BCUT2D eigenvalue weighted by molar-refractivity contribution is 0.121. The van der Waals surface area contributed by atoms with Crippen molar-refractivity contribution in [1.29, 1.82) is 0 Å². The average molecular weight is 317 g/mol. The summed E-state index contributed by atoms with van der Waals surface area (Å²) in [7, 11) is 0. The summed E-state index contributed by atoms with van der Waals surface area (Å²) in [6.07, 6.45) is 2.22. The van der Waals surface area contributed by atoms with Crippen molar-refractivity contribution in [2.75, 3.05) is 44.3 Å². The van der Waals surface area contributed by atoms with Crippen molar-refractivity contribution in [1.82, 2.24) is 5.32 Å². The molecule has 0 aromatic heterocycles. The highest BCUT2D eigenvalue weighted by Crippen LogP contribution is 2.31. The molecule has 3 rings (SSSR count). The summed E-state index contributed by atoms with van der Waals surface area (Å²) in [6.45, 7) is 4.90. The standard InChI is InChI=1S/C15H21FN2O2.ClH/c16-12-1-2-15(20-13-3-5-17-6-4-13)14(11-12)18-7-9-19-10-8-18;/h1-2,11,13,17H,3-10H2;1H. The van der Waals surface area contributed by atoms with E-state index in [1.807, 2.05) is 0 Å². The molecule has 0 atom stereocenters. The van der Waals surface area contributed by atoms with Crippen LogP contribution >= 0.6 is 12.4 Å². The molecule has 0 bridgehead atoms. The van der Waals surface area contributed by atoms with Crippen LogP contribution < -0.4 is 15.0 Å². The minimum Gasteiger partial charge on any atom is -0.488 e. The Bertz CT molecular complexity index is 449. The fraction of sp³-hybridized carbons (Fsp3) is 0.600. The van der Waals surface area contributed by atoms with Gasteiger partial charge in [-0.15, -0.1) is 12.4 Å². The van der Waals surface area contributed by atoms with Gasteiger partial charge in [-0.3, -0.25) is 0 Å². The first-order chi connectivity index (χ1) is 9.83. The van der Waals surface area contributed by atoms with Gasteiger partial charge in [-0.2, -0.15) is 0 Å². The van der Waals surface area contributed by atoms with Gasteiger partial charge >= 0.3 is 0 Å². The van der Waals surface area contributed by atoms with Crippen LogP contribution in [0, 0.1) is 5.82 Å². The summed E-state index contributed by atoms with van der Waals surface area (Å²) in [5.41, 5.74) is 0.854. The largest absolute Gasteiger partial charge is 0.488 e. The zero-order valence-corrected chi connectivity index (χ0v) is 12.8. The molecule has 118 valence electrons. The average Bonchev–Trinajstić information content (AvgIpc) is 2.51. The van der Waals surface area contributed by atoms with E-state index in [1.54, 1.807) is 12.1 Å². The topological polar surface area (TPSA) is 33.7 Å². The van der Waals surface area contributed by atoms with Gasteiger partial charge in [0.1, 0.15) is 17.7 Å². The van der Waals surface area contributed by atoms with Gasteiger partial charge in [-0.1, -0.05) is 0 Å². The minimum absolute atomic E-state index is 0. The molecular formula is C15H22ClFN2O2. The summed E-state index contributed by atoms with van der Waals surface area (Å²) in [5.74, 6) is 0.573. The van der Waals surface area contributed by atoms with Crippen LogP contribution in [-0.2, 0) is 4.74 Å². The Morgan fingerprint density at radius 2 is 1.90 bits per heavy atom. The lowest BCUT2D eigenvalue weighted by Gasteiger charge is -2.32.